The molecule has 3 fully saturated rings. The number of benzene rings is 2. The van der Waals surface area contributed by atoms with Crippen molar-refractivity contribution >= 4 is 11.7 Å². The molecule has 0 unspecified atom stereocenters. The zero-order valence-corrected chi connectivity index (χ0v) is 16.8. The van der Waals surface area contributed by atoms with Crippen molar-refractivity contribution < 1.29 is 14.5 Å². The fourth-order valence-electron chi connectivity index (χ4n) is 7.32. The molecule has 5 nitrogen and oxygen atoms in total. The third kappa shape index (κ3) is 1.91. The molecule has 0 bridgehead atoms. The van der Waals surface area contributed by atoms with Gasteiger partial charge in [-0.05, 0) is 48.8 Å². The zero-order chi connectivity index (χ0) is 20.8. The molecule has 0 heterocycles. The van der Waals surface area contributed by atoms with Crippen LogP contribution in [0.15, 0.2) is 66.7 Å². The van der Waals surface area contributed by atoms with Gasteiger partial charge in [0, 0.05) is 28.9 Å². The Morgan fingerprint density at radius 2 is 1.83 bits per heavy atom. The monoisotopic (exact) mass is 401 g/mol. The first-order valence-electron chi connectivity index (χ1n) is 10.6. The SMILES string of the molecule is C[C@@]12C[C@@]34CCC=C[C@]3(c3ccccc3)[C@H]4[C@]1(OC(=O)c1ccc([N+](=O)[O-])cc1)C2. The number of nitro benzene ring substituents is 1. The molecule has 0 aromatic heterocycles. The van der Waals surface area contributed by atoms with Crippen LogP contribution in [0.3, 0.4) is 0 Å². The minimum atomic E-state index is -0.461. The molecule has 0 amide bonds. The number of rotatable bonds is 4. The number of non-ortho nitro benzene ring substituents is 1. The zero-order valence-electron chi connectivity index (χ0n) is 16.8. The Bertz CT molecular complexity index is 1110. The first-order chi connectivity index (χ1) is 14.4. The van der Waals surface area contributed by atoms with Crippen LogP contribution in [-0.4, -0.2) is 16.5 Å². The maximum Gasteiger partial charge on any atom is 0.338 e. The lowest BCUT2D eigenvalue weighted by molar-refractivity contribution is -0.384. The van der Waals surface area contributed by atoms with E-state index in [1.54, 1.807) is 0 Å². The fourth-order valence-corrected chi connectivity index (χ4v) is 7.32. The summed E-state index contributed by atoms with van der Waals surface area (Å²) >= 11 is 0. The second-order valence-corrected chi connectivity index (χ2v) is 9.76. The third-order valence-electron chi connectivity index (χ3n) is 8.45. The molecule has 2 aromatic rings. The van der Waals surface area contributed by atoms with Crippen LogP contribution in [0.2, 0.25) is 0 Å². The number of ether oxygens (including phenoxy) is 1. The molecule has 0 aliphatic heterocycles. The molecule has 6 rings (SSSR count). The lowest BCUT2D eigenvalue weighted by Gasteiger charge is -2.31. The van der Waals surface area contributed by atoms with Crippen LogP contribution < -0.4 is 0 Å². The van der Waals surface area contributed by atoms with Crippen LogP contribution >= 0.6 is 0 Å². The van der Waals surface area contributed by atoms with Gasteiger partial charge < -0.3 is 4.74 Å². The number of nitro groups is 1. The summed E-state index contributed by atoms with van der Waals surface area (Å²) in [5.41, 5.74) is 1.38. The van der Waals surface area contributed by atoms with Crippen LogP contribution in [0.25, 0.3) is 0 Å². The minimum Gasteiger partial charge on any atom is -0.455 e. The molecule has 2 aromatic carbocycles. The maximum atomic E-state index is 13.1. The number of hydrogen-bond donors (Lipinski definition) is 0. The first-order valence-corrected chi connectivity index (χ1v) is 10.6. The van der Waals surface area contributed by atoms with Gasteiger partial charge in [0.15, 0.2) is 0 Å². The number of esters is 1. The standard InChI is InChI=1S/C25H23NO4/c1-22-15-23-13-5-6-14-24(23,18-7-3-2-4-8-18)21(23)25(22,16-22)30-20(27)17-9-11-19(12-10-17)26(28)29/h2-4,6-12,14,21H,5,13,15-16H2,1H3/t21-,22-,23+,24-,25+/m0/s1. The highest BCUT2D eigenvalue weighted by molar-refractivity contribution is 5.90. The second-order valence-electron chi connectivity index (χ2n) is 9.76. The summed E-state index contributed by atoms with van der Waals surface area (Å²) in [6, 6.07) is 16.4. The van der Waals surface area contributed by atoms with Gasteiger partial charge in [-0.25, -0.2) is 4.79 Å². The van der Waals surface area contributed by atoms with Crippen molar-refractivity contribution in [2.75, 3.05) is 0 Å². The van der Waals surface area contributed by atoms with Gasteiger partial charge >= 0.3 is 5.97 Å². The van der Waals surface area contributed by atoms with E-state index in [1.165, 1.54) is 29.8 Å². The van der Waals surface area contributed by atoms with E-state index in [9.17, 15) is 14.9 Å². The lowest BCUT2D eigenvalue weighted by atomic mass is 9.74. The third-order valence-corrected chi connectivity index (χ3v) is 8.45. The summed E-state index contributed by atoms with van der Waals surface area (Å²) in [4.78, 5) is 23.5. The van der Waals surface area contributed by atoms with E-state index >= 15 is 0 Å². The Balaban J connectivity index is 1.36. The average Bonchev–Trinajstić information content (AvgIpc) is 3.54. The summed E-state index contributed by atoms with van der Waals surface area (Å²) < 4.78 is 6.31. The van der Waals surface area contributed by atoms with Gasteiger partial charge in [0.2, 0.25) is 0 Å². The van der Waals surface area contributed by atoms with Gasteiger partial charge in [-0.15, -0.1) is 0 Å². The van der Waals surface area contributed by atoms with E-state index in [0.29, 0.717) is 11.5 Å². The van der Waals surface area contributed by atoms with Gasteiger partial charge in [0.25, 0.3) is 5.69 Å². The van der Waals surface area contributed by atoms with E-state index in [4.69, 9.17) is 4.74 Å². The van der Waals surface area contributed by atoms with Crippen molar-refractivity contribution in [3.63, 3.8) is 0 Å². The molecule has 5 atom stereocenters. The van der Waals surface area contributed by atoms with Gasteiger partial charge in [0.05, 0.1) is 10.5 Å². The Hall–Kier alpha value is -2.95. The van der Waals surface area contributed by atoms with Crippen molar-refractivity contribution in [1.29, 1.82) is 0 Å². The number of fused-ring (bicyclic) bond motifs is 3. The van der Waals surface area contributed by atoms with Crippen LogP contribution in [0.1, 0.15) is 48.5 Å². The molecule has 1 spiro atoms. The van der Waals surface area contributed by atoms with Crippen LogP contribution in [0, 0.1) is 26.9 Å². The lowest BCUT2D eigenvalue weighted by Crippen LogP contribution is -2.32. The van der Waals surface area contributed by atoms with Gasteiger partial charge in [-0.1, -0.05) is 49.4 Å². The molecule has 4 aliphatic carbocycles. The Kier molecular flexibility index (Phi) is 3.21. The van der Waals surface area contributed by atoms with Gasteiger partial charge in [-0.3, -0.25) is 10.1 Å². The number of allylic oxidation sites excluding steroid dienone is 2. The van der Waals surface area contributed by atoms with E-state index in [2.05, 4.69) is 43.3 Å². The van der Waals surface area contributed by atoms with Crippen molar-refractivity contribution in [3.8, 4) is 0 Å². The first kappa shape index (κ1) is 17.9. The summed E-state index contributed by atoms with van der Waals surface area (Å²) in [7, 11) is 0. The maximum absolute atomic E-state index is 13.1. The summed E-state index contributed by atoms with van der Waals surface area (Å²) in [5, 5.41) is 10.9. The molecule has 0 radical (unpaired) electrons. The van der Waals surface area contributed by atoms with Crippen molar-refractivity contribution in [3.05, 3.63) is 88.0 Å². The smallest absolute Gasteiger partial charge is 0.338 e. The molecule has 4 aliphatic rings. The van der Waals surface area contributed by atoms with Crippen molar-refractivity contribution in [2.45, 2.75) is 43.6 Å². The molecule has 5 heteroatoms. The van der Waals surface area contributed by atoms with E-state index in [1.807, 2.05) is 6.07 Å². The molecule has 152 valence electrons. The number of hydrogen-bond acceptors (Lipinski definition) is 4. The van der Waals surface area contributed by atoms with Gasteiger partial charge in [0.1, 0.15) is 5.60 Å². The Morgan fingerprint density at radius 1 is 1.10 bits per heavy atom. The average molecular weight is 401 g/mol. The largest absolute Gasteiger partial charge is 0.455 e. The quantitative estimate of drug-likeness (QED) is 0.305. The Labute approximate surface area is 174 Å². The molecule has 30 heavy (non-hydrogen) atoms. The van der Waals surface area contributed by atoms with E-state index in [0.717, 1.165) is 25.7 Å². The highest BCUT2D eigenvalue weighted by Crippen LogP contribution is 2.94. The fraction of sp³-hybridized carbons (Fsp3) is 0.400. The summed E-state index contributed by atoms with van der Waals surface area (Å²) in [6.07, 6.45) is 8.87. The number of carbonyl (C=O) groups is 1. The highest BCUT2D eigenvalue weighted by atomic mass is 16.6. The molecular formula is C25H23NO4. The summed E-state index contributed by atoms with van der Waals surface area (Å²) in [5.74, 6) is -0.0767. The topological polar surface area (TPSA) is 69.4 Å². The second kappa shape index (κ2) is 5.39. The van der Waals surface area contributed by atoms with Crippen LogP contribution in [0.4, 0.5) is 5.69 Å². The van der Waals surface area contributed by atoms with Crippen molar-refractivity contribution in [1.82, 2.24) is 0 Å². The van der Waals surface area contributed by atoms with Crippen molar-refractivity contribution in [2.24, 2.45) is 16.7 Å². The minimum absolute atomic E-state index is 0.0254. The predicted octanol–water partition coefficient (Wildman–Crippen LogP) is 5.21. The van der Waals surface area contributed by atoms with Crippen LogP contribution in [0.5, 0.6) is 0 Å². The molecule has 0 saturated heterocycles. The number of carbonyl (C=O) groups excluding carboxylic acids is 1. The molecular weight excluding hydrogens is 378 g/mol. The van der Waals surface area contributed by atoms with E-state index < -0.39 is 10.5 Å². The van der Waals surface area contributed by atoms with Gasteiger partial charge in [-0.2, -0.15) is 0 Å². The molecule has 0 N–H and O–H groups in total. The Morgan fingerprint density at radius 3 is 2.53 bits per heavy atom. The van der Waals surface area contributed by atoms with E-state index in [-0.39, 0.29) is 27.9 Å². The number of nitrogens with zero attached hydrogens (tertiary/aromatic N) is 1. The predicted molar refractivity (Wildman–Crippen MR) is 111 cm³/mol. The van der Waals surface area contributed by atoms with Crippen LogP contribution in [-0.2, 0) is 10.2 Å². The highest BCUT2D eigenvalue weighted by Gasteiger charge is 2.96. The molecule has 3 saturated carbocycles. The normalized spacial score (nSPS) is 39.4. The summed E-state index contributed by atoms with van der Waals surface area (Å²) in [6.45, 7) is 2.26.